The van der Waals surface area contributed by atoms with Gasteiger partial charge in [0.25, 0.3) is 0 Å². The van der Waals surface area contributed by atoms with Gasteiger partial charge >= 0.3 is 5.97 Å². The minimum atomic E-state index is -0.679. The first-order chi connectivity index (χ1) is 10.8. The molecule has 0 saturated heterocycles. The summed E-state index contributed by atoms with van der Waals surface area (Å²) >= 11 is 0. The molecule has 0 aliphatic heterocycles. The number of nitrogens with one attached hydrogen (secondary N) is 1. The molecule has 0 atom stereocenters. The van der Waals surface area contributed by atoms with Crippen molar-refractivity contribution in [2.24, 2.45) is 0 Å². The van der Waals surface area contributed by atoms with E-state index in [1.54, 1.807) is 6.07 Å². The maximum Gasteiger partial charge on any atom is 0.350 e. The van der Waals surface area contributed by atoms with E-state index in [9.17, 15) is 4.79 Å². The lowest BCUT2D eigenvalue weighted by Gasteiger charge is -2.04. The highest BCUT2D eigenvalue weighted by atomic mass is 16.5. The molecule has 0 aliphatic carbocycles. The fraction of sp³-hybridized carbons (Fsp3) is 0.706. The van der Waals surface area contributed by atoms with E-state index >= 15 is 0 Å². The number of unbranched alkanes of at least 4 members (excludes halogenated alkanes) is 7. The normalized spacial score (nSPS) is 10.6. The van der Waals surface area contributed by atoms with Crippen LogP contribution < -0.4 is 5.32 Å². The van der Waals surface area contributed by atoms with Crippen LogP contribution in [0.4, 0.5) is 0 Å². The predicted octanol–water partition coefficient (Wildman–Crippen LogP) is 3.58. The highest BCUT2D eigenvalue weighted by Gasteiger charge is 2.09. The third-order valence-electron chi connectivity index (χ3n) is 3.21. The maximum absolute atomic E-state index is 11.5. The largest absolute Gasteiger partial charge is 0.460 e. The second-order valence-electron chi connectivity index (χ2n) is 5.14. The Bertz CT molecular complexity index is 405. The van der Waals surface area contributed by atoms with Crippen molar-refractivity contribution in [2.45, 2.75) is 64.7 Å². The standard InChI is InChI=1S/C17H27N3O2/c1-2-3-4-5-6-7-8-9-12-20-15-16(14-19)17(21)22-13-10-11-18/h15,20H,2-10,12-13H2,1H3. The summed E-state index contributed by atoms with van der Waals surface area (Å²) in [7, 11) is 0. The summed E-state index contributed by atoms with van der Waals surface area (Å²) in [5.74, 6) is -0.679. The van der Waals surface area contributed by atoms with Crippen LogP contribution in [-0.2, 0) is 9.53 Å². The van der Waals surface area contributed by atoms with Crippen LogP contribution in [0.1, 0.15) is 64.7 Å². The van der Waals surface area contributed by atoms with E-state index in [0.717, 1.165) is 19.4 Å². The van der Waals surface area contributed by atoms with Gasteiger partial charge in [-0.25, -0.2) is 4.79 Å². The quantitative estimate of drug-likeness (QED) is 0.243. The first-order valence-corrected chi connectivity index (χ1v) is 8.14. The van der Waals surface area contributed by atoms with Gasteiger partial charge in [-0.1, -0.05) is 51.9 Å². The molecule has 0 spiro atoms. The van der Waals surface area contributed by atoms with Crippen molar-refractivity contribution >= 4 is 5.97 Å². The highest BCUT2D eigenvalue weighted by molar-refractivity contribution is 5.92. The minimum absolute atomic E-state index is 0.0202. The molecule has 22 heavy (non-hydrogen) atoms. The molecule has 0 heterocycles. The van der Waals surface area contributed by atoms with Crippen LogP contribution in [0.2, 0.25) is 0 Å². The van der Waals surface area contributed by atoms with E-state index in [1.165, 1.54) is 44.7 Å². The Morgan fingerprint density at radius 1 is 1.09 bits per heavy atom. The molecule has 0 aliphatic rings. The number of nitriles is 2. The summed E-state index contributed by atoms with van der Waals surface area (Å²) in [6.45, 7) is 2.98. The van der Waals surface area contributed by atoms with E-state index < -0.39 is 5.97 Å². The second kappa shape index (κ2) is 15.4. The van der Waals surface area contributed by atoms with Gasteiger partial charge in [-0.2, -0.15) is 10.5 Å². The molecule has 0 bridgehead atoms. The predicted molar refractivity (Wildman–Crippen MR) is 85.5 cm³/mol. The minimum Gasteiger partial charge on any atom is -0.460 e. The molecule has 0 aromatic carbocycles. The third kappa shape index (κ3) is 11.8. The zero-order valence-corrected chi connectivity index (χ0v) is 13.6. The number of carbonyl (C=O) groups excluding carboxylic acids is 1. The van der Waals surface area contributed by atoms with E-state index in [-0.39, 0.29) is 18.6 Å². The molecule has 0 aromatic rings. The molecule has 0 radical (unpaired) electrons. The third-order valence-corrected chi connectivity index (χ3v) is 3.21. The van der Waals surface area contributed by atoms with Crippen LogP contribution in [0, 0.1) is 22.7 Å². The van der Waals surface area contributed by atoms with E-state index in [0.29, 0.717) is 0 Å². The number of carbonyl (C=O) groups is 1. The molecule has 0 unspecified atom stereocenters. The number of rotatable bonds is 13. The fourth-order valence-corrected chi connectivity index (χ4v) is 1.94. The summed E-state index contributed by atoms with van der Waals surface area (Å²) in [5, 5.41) is 20.2. The average Bonchev–Trinajstić information content (AvgIpc) is 2.53. The monoisotopic (exact) mass is 305 g/mol. The molecule has 5 nitrogen and oxygen atoms in total. The van der Waals surface area contributed by atoms with Gasteiger partial charge in [-0.3, -0.25) is 0 Å². The Kier molecular flexibility index (Phi) is 14.0. The van der Waals surface area contributed by atoms with Gasteiger partial charge in [-0.05, 0) is 6.42 Å². The van der Waals surface area contributed by atoms with Crippen molar-refractivity contribution < 1.29 is 9.53 Å². The van der Waals surface area contributed by atoms with Crippen molar-refractivity contribution in [3.8, 4) is 12.1 Å². The smallest absolute Gasteiger partial charge is 0.350 e. The Hall–Kier alpha value is -2.01. The Morgan fingerprint density at radius 3 is 2.32 bits per heavy atom. The number of nitrogens with zero attached hydrogens (tertiary/aromatic N) is 2. The molecule has 0 amide bonds. The number of hydrogen-bond donors (Lipinski definition) is 1. The Morgan fingerprint density at radius 2 is 1.73 bits per heavy atom. The fourth-order valence-electron chi connectivity index (χ4n) is 1.94. The highest BCUT2D eigenvalue weighted by Crippen LogP contribution is 2.07. The van der Waals surface area contributed by atoms with E-state index in [1.807, 2.05) is 6.07 Å². The van der Waals surface area contributed by atoms with Crippen LogP contribution in [0.25, 0.3) is 0 Å². The van der Waals surface area contributed by atoms with Gasteiger partial charge in [0.05, 0.1) is 12.5 Å². The zero-order chi connectivity index (χ0) is 16.5. The van der Waals surface area contributed by atoms with Crippen LogP contribution in [0.3, 0.4) is 0 Å². The Labute approximate surface area is 133 Å². The molecule has 0 rings (SSSR count). The maximum atomic E-state index is 11.5. The second-order valence-corrected chi connectivity index (χ2v) is 5.14. The summed E-state index contributed by atoms with van der Waals surface area (Å²) in [4.78, 5) is 11.5. The van der Waals surface area contributed by atoms with E-state index in [2.05, 4.69) is 12.2 Å². The SMILES string of the molecule is CCCCCCCCCCNC=C(C#N)C(=O)OCCC#N. The summed E-state index contributed by atoms with van der Waals surface area (Å²) < 4.78 is 4.79. The molecular weight excluding hydrogens is 278 g/mol. The zero-order valence-electron chi connectivity index (χ0n) is 13.6. The lowest BCUT2D eigenvalue weighted by atomic mass is 10.1. The molecule has 0 saturated carbocycles. The number of esters is 1. The Balaban J connectivity index is 3.66. The topological polar surface area (TPSA) is 85.9 Å². The molecule has 122 valence electrons. The van der Waals surface area contributed by atoms with Gasteiger partial charge in [0.2, 0.25) is 0 Å². The van der Waals surface area contributed by atoms with Crippen molar-refractivity contribution in [3.63, 3.8) is 0 Å². The van der Waals surface area contributed by atoms with Gasteiger partial charge in [0.1, 0.15) is 12.7 Å². The van der Waals surface area contributed by atoms with Crippen LogP contribution in [-0.4, -0.2) is 19.1 Å². The molecule has 0 fully saturated rings. The molecule has 1 N–H and O–H groups in total. The van der Waals surface area contributed by atoms with Crippen molar-refractivity contribution in [1.82, 2.24) is 5.32 Å². The van der Waals surface area contributed by atoms with Crippen LogP contribution in [0.5, 0.6) is 0 Å². The molecule has 5 heteroatoms. The first-order valence-electron chi connectivity index (χ1n) is 8.14. The van der Waals surface area contributed by atoms with Gasteiger partial charge in [0.15, 0.2) is 5.57 Å². The average molecular weight is 305 g/mol. The number of hydrogen-bond acceptors (Lipinski definition) is 5. The van der Waals surface area contributed by atoms with Crippen LogP contribution >= 0.6 is 0 Å². The van der Waals surface area contributed by atoms with Gasteiger partial charge < -0.3 is 10.1 Å². The van der Waals surface area contributed by atoms with E-state index in [4.69, 9.17) is 15.3 Å². The van der Waals surface area contributed by atoms with Gasteiger partial charge in [-0.15, -0.1) is 0 Å². The van der Waals surface area contributed by atoms with Crippen molar-refractivity contribution in [1.29, 1.82) is 10.5 Å². The summed E-state index contributed by atoms with van der Waals surface area (Å²) in [6.07, 6.45) is 11.5. The lowest BCUT2D eigenvalue weighted by molar-refractivity contribution is -0.138. The summed E-state index contributed by atoms with van der Waals surface area (Å²) in [5.41, 5.74) is -0.0579. The summed E-state index contributed by atoms with van der Waals surface area (Å²) in [6, 6.07) is 3.67. The molecule has 0 aromatic heterocycles. The first kappa shape index (κ1) is 20.0. The molecular formula is C17H27N3O2. The van der Waals surface area contributed by atoms with Crippen LogP contribution in [0.15, 0.2) is 11.8 Å². The van der Waals surface area contributed by atoms with Crippen molar-refractivity contribution in [2.75, 3.05) is 13.2 Å². The van der Waals surface area contributed by atoms with Crippen molar-refractivity contribution in [3.05, 3.63) is 11.8 Å². The number of ether oxygens (including phenoxy) is 1. The van der Waals surface area contributed by atoms with Gasteiger partial charge in [0, 0.05) is 12.7 Å². The lowest BCUT2D eigenvalue weighted by Crippen LogP contribution is -2.13.